The lowest BCUT2D eigenvalue weighted by Gasteiger charge is -2.09. The molecule has 0 N–H and O–H groups in total. The fourth-order valence-electron chi connectivity index (χ4n) is 3.22. The van der Waals surface area contributed by atoms with Gasteiger partial charge in [-0.05, 0) is 19.1 Å². The summed E-state index contributed by atoms with van der Waals surface area (Å²) in [6.45, 7) is 2.10. The monoisotopic (exact) mass is 402 g/mol. The number of aryl methyl sites for hydroxylation is 1. The van der Waals surface area contributed by atoms with E-state index in [0.717, 1.165) is 38.4 Å². The third-order valence-electron chi connectivity index (χ3n) is 4.55. The highest BCUT2D eigenvalue weighted by Gasteiger charge is 2.19. The van der Waals surface area contributed by atoms with Gasteiger partial charge in [-0.2, -0.15) is 0 Å². The first-order valence-electron chi connectivity index (χ1n) is 8.58. The van der Waals surface area contributed by atoms with Crippen molar-refractivity contribution >= 4 is 15.9 Å². The molecule has 0 aliphatic heterocycles. The molecule has 0 atom stereocenters. The molecular weight excluding hydrogens is 384 g/mol. The van der Waals surface area contributed by atoms with E-state index < -0.39 is 0 Å². The summed E-state index contributed by atoms with van der Waals surface area (Å²) in [6.07, 6.45) is 0. The molecule has 0 radical (unpaired) electrons. The van der Waals surface area contributed by atoms with Crippen molar-refractivity contribution in [3.63, 3.8) is 0 Å². The molecule has 3 heteroatoms. The summed E-state index contributed by atoms with van der Waals surface area (Å²) in [4.78, 5) is 5.03. The van der Waals surface area contributed by atoms with Gasteiger partial charge in [0.2, 0.25) is 0 Å². The fourth-order valence-corrected chi connectivity index (χ4v) is 3.62. The Morgan fingerprint density at radius 1 is 0.769 bits per heavy atom. The van der Waals surface area contributed by atoms with Gasteiger partial charge in [-0.15, -0.1) is 0 Å². The van der Waals surface area contributed by atoms with Crippen LogP contribution in [0.3, 0.4) is 0 Å². The molecule has 0 spiro atoms. The van der Waals surface area contributed by atoms with Crippen LogP contribution >= 0.6 is 15.9 Å². The van der Waals surface area contributed by atoms with Crippen molar-refractivity contribution < 1.29 is 0 Å². The fraction of sp³-hybridized carbons (Fsp3) is 0.0870. The first-order valence-corrected chi connectivity index (χ1v) is 9.38. The summed E-state index contributed by atoms with van der Waals surface area (Å²) < 4.78 is 3.25. The Labute approximate surface area is 162 Å². The Bertz CT molecular complexity index is 1050. The Kier molecular flexibility index (Phi) is 4.48. The maximum atomic E-state index is 5.03. The summed E-state index contributed by atoms with van der Waals surface area (Å²) in [5.74, 6) is 0.971. The van der Waals surface area contributed by atoms with Crippen molar-refractivity contribution in [2.75, 3.05) is 0 Å². The van der Waals surface area contributed by atoms with Crippen LogP contribution < -0.4 is 0 Å². The second-order valence-electron chi connectivity index (χ2n) is 6.43. The van der Waals surface area contributed by atoms with E-state index in [1.807, 2.05) is 12.1 Å². The first kappa shape index (κ1) is 16.8. The molecule has 1 aromatic heterocycles. The Morgan fingerprint density at radius 3 is 2.15 bits per heavy atom. The Balaban J connectivity index is 1.98. The van der Waals surface area contributed by atoms with Gasteiger partial charge >= 0.3 is 0 Å². The van der Waals surface area contributed by atoms with E-state index in [0.29, 0.717) is 0 Å². The predicted octanol–water partition coefficient (Wildman–Crippen LogP) is 6.49. The first-order chi connectivity index (χ1) is 12.6. The zero-order valence-corrected chi connectivity index (χ0v) is 16.4. The molecular formula is C23H19BrN2. The number of nitrogens with zero attached hydrogens (tertiary/aromatic N) is 2. The molecule has 2 nitrogen and oxygen atoms in total. The van der Waals surface area contributed by atoms with Gasteiger partial charge < -0.3 is 4.57 Å². The van der Waals surface area contributed by atoms with Gasteiger partial charge in [-0.1, -0.05) is 88.2 Å². The quantitative estimate of drug-likeness (QED) is 0.382. The van der Waals surface area contributed by atoms with Crippen molar-refractivity contribution in [2.24, 2.45) is 7.05 Å². The highest BCUT2D eigenvalue weighted by Crippen LogP contribution is 2.36. The maximum Gasteiger partial charge on any atom is 0.140 e. The minimum atomic E-state index is 0.971. The average molecular weight is 403 g/mol. The number of halogens is 1. The second-order valence-corrected chi connectivity index (χ2v) is 7.35. The minimum absolute atomic E-state index is 0.971. The van der Waals surface area contributed by atoms with E-state index in [-0.39, 0.29) is 0 Å². The summed E-state index contributed by atoms with van der Waals surface area (Å²) >= 11 is 3.59. The molecule has 0 unspecified atom stereocenters. The standard InChI is InChI=1S/C23H19BrN2/c1-16-11-13-18(14-12-16)23-25-21(17-7-4-3-5-8-17)22(26(23)2)19-9-6-10-20(24)15-19/h3-15H,1-2H3. The molecule has 26 heavy (non-hydrogen) atoms. The number of hydrogen-bond acceptors (Lipinski definition) is 1. The topological polar surface area (TPSA) is 17.8 Å². The van der Waals surface area contributed by atoms with E-state index in [4.69, 9.17) is 4.98 Å². The van der Waals surface area contributed by atoms with Crippen LogP contribution in [0.5, 0.6) is 0 Å². The molecule has 128 valence electrons. The van der Waals surface area contributed by atoms with Crippen LogP contribution in [0, 0.1) is 6.92 Å². The zero-order valence-electron chi connectivity index (χ0n) is 14.8. The van der Waals surface area contributed by atoms with E-state index in [9.17, 15) is 0 Å². The SMILES string of the molecule is Cc1ccc(-c2nc(-c3ccccc3)c(-c3cccc(Br)c3)n2C)cc1. The van der Waals surface area contributed by atoms with Crippen molar-refractivity contribution in [3.8, 4) is 33.9 Å². The van der Waals surface area contributed by atoms with Crippen LogP contribution in [0.2, 0.25) is 0 Å². The van der Waals surface area contributed by atoms with Crippen LogP contribution in [0.1, 0.15) is 5.56 Å². The second kappa shape index (κ2) is 6.93. The van der Waals surface area contributed by atoms with Crippen LogP contribution in [0.15, 0.2) is 83.3 Å². The average Bonchev–Trinajstić information content (AvgIpc) is 3.00. The van der Waals surface area contributed by atoms with Gasteiger partial charge in [-0.25, -0.2) is 4.98 Å². The molecule has 0 fully saturated rings. The molecule has 3 aromatic carbocycles. The smallest absolute Gasteiger partial charge is 0.140 e. The normalized spacial score (nSPS) is 10.9. The highest BCUT2D eigenvalue weighted by atomic mass is 79.9. The highest BCUT2D eigenvalue weighted by molar-refractivity contribution is 9.10. The summed E-state index contributed by atoms with van der Waals surface area (Å²) in [5.41, 5.74) is 6.76. The van der Waals surface area contributed by atoms with Crippen molar-refractivity contribution in [1.82, 2.24) is 9.55 Å². The van der Waals surface area contributed by atoms with E-state index in [1.54, 1.807) is 0 Å². The third-order valence-corrected chi connectivity index (χ3v) is 5.04. The summed E-state index contributed by atoms with van der Waals surface area (Å²) in [7, 11) is 2.09. The number of rotatable bonds is 3. The van der Waals surface area contributed by atoms with Crippen molar-refractivity contribution in [1.29, 1.82) is 0 Å². The lowest BCUT2D eigenvalue weighted by atomic mass is 10.0. The van der Waals surface area contributed by atoms with E-state index in [1.165, 1.54) is 5.56 Å². The molecule has 4 rings (SSSR count). The number of benzene rings is 3. The van der Waals surface area contributed by atoms with Crippen molar-refractivity contribution in [2.45, 2.75) is 6.92 Å². The third kappa shape index (κ3) is 3.11. The van der Waals surface area contributed by atoms with Crippen LogP contribution in [0.4, 0.5) is 0 Å². The molecule has 0 saturated heterocycles. The van der Waals surface area contributed by atoms with Gasteiger partial charge in [0.05, 0.1) is 11.4 Å². The molecule has 1 heterocycles. The number of imidazole rings is 1. The zero-order chi connectivity index (χ0) is 18.1. The lowest BCUT2D eigenvalue weighted by Crippen LogP contribution is -1.96. The van der Waals surface area contributed by atoms with Crippen LogP contribution in [0.25, 0.3) is 33.9 Å². The van der Waals surface area contributed by atoms with Crippen LogP contribution in [-0.2, 0) is 7.05 Å². The summed E-state index contributed by atoms with van der Waals surface area (Å²) in [5, 5.41) is 0. The molecule has 0 aliphatic carbocycles. The minimum Gasteiger partial charge on any atom is -0.327 e. The molecule has 0 aliphatic rings. The van der Waals surface area contributed by atoms with Crippen molar-refractivity contribution in [3.05, 3.63) is 88.9 Å². The number of aromatic nitrogens is 2. The molecule has 0 amide bonds. The largest absolute Gasteiger partial charge is 0.327 e. The molecule has 4 aromatic rings. The van der Waals surface area contributed by atoms with Gasteiger partial charge in [0, 0.05) is 28.2 Å². The molecule has 0 saturated carbocycles. The van der Waals surface area contributed by atoms with Gasteiger partial charge in [0.1, 0.15) is 5.82 Å². The van der Waals surface area contributed by atoms with Gasteiger partial charge in [0.15, 0.2) is 0 Å². The molecule has 0 bridgehead atoms. The summed E-state index contributed by atoms with van der Waals surface area (Å²) in [6, 6.07) is 27.3. The Morgan fingerprint density at radius 2 is 1.46 bits per heavy atom. The van der Waals surface area contributed by atoms with E-state index in [2.05, 4.69) is 101 Å². The predicted molar refractivity (Wildman–Crippen MR) is 112 cm³/mol. The Hall–Kier alpha value is -2.65. The van der Waals surface area contributed by atoms with E-state index >= 15 is 0 Å². The maximum absolute atomic E-state index is 5.03. The lowest BCUT2D eigenvalue weighted by molar-refractivity contribution is 0.933. The van der Waals surface area contributed by atoms with Crippen LogP contribution in [-0.4, -0.2) is 9.55 Å². The number of hydrogen-bond donors (Lipinski definition) is 0. The van der Waals surface area contributed by atoms with Gasteiger partial charge in [-0.3, -0.25) is 0 Å². The van der Waals surface area contributed by atoms with Gasteiger partial charge in [0.25, 0.3) is 0 Å².